The van der Waals surface area contributed by atoms with Gasteiger partial charge in [0.25, 0.3) is 0 Å². The molecule has 0 aliphatic carbocycles. The number of hydrogen-bond donors (Lipinski definition) is 3. The van der Waals surface area contributed by atoms with E-state index in [-0.39, 0.29) is 11.6 Å². The molecule has 1 aliphatic rings. The van der Waals surface area contributed by atoms with Gasteiger partial charge in [-0.3, -0.25) is 9.88 Å². The van der Waals surface area contributed by atoms with Gasteiger partial charge in [0.2, 0.25) is 5.88 Å². The Kier molecular flexibility index (Phi) is 5.87. The van der Waals surface area contributed by atoms with Crippen LogP contribution in [-0.2, 0) is 4.74 Å². The molecule has 0 amide bonds. The topological polar surface area (TPSA) is 133 Å². The van der Waals surface area contributed by atoms with E-state index < -0.39 is 5.69 Å². The van der Waals surface area contributed by atoms with Crippen LogP contribution in [-0.4, -0.2) is 74.0 Å². The molecule has 11 heteroatoms. The molecule has 0 radical (unpaired) electrons. The summed E-state index contributed by atoms with van der Waals surface area (Å²) in [5.41, 5.74) is 1.51. The summed E-state index contributed by atoms with van der Waals surface area (Å²) in [7, 11) is 0. The van der Waals surface area contributed by atoms with E-state index in [0.29, 0.717) is 28.6 Å². The summed E-state index contributed by atoms with van der Waals surface area (Å²) >= 11 is 0. The molecule has 1 fully saturated rings. The first kappa shape index (κ1) is 20.9. The number of ether oxygens (including phenoxy) is 2. The van der Waals surface area contributed by atoms with Crippen molar-refractivity contribution < 1.29 is 14.6 Å². The van der Waals surface area contributed by atoms with Crippen molar-refractivity contribution in [3.8, 4) is 11.6 Å². The molecule has 0 saturated carbocycles. The fraction of sp³-hybridized carbons (Fsp3) is 0.273. The number of aromatic amines is 2. The maximum absolute atomic E-state index is 11.4. The summed E-state index contributed by atoms with van der Waals surface area (Å²) in [6, 6.07) is 9.31. The van der Waals surface area contributed by atoms with E-state index >= 15 is 0 Å². The predicted molar refractivity (Wildman–Crippen MR) is 119 cm³/mol. The number of H-pyrrole nitrogens is 2. The third kappa shape index (κ3) is 4.94. The van der Waals surface area contributed by atoms with Gasteiger partial charge in [0.05, 0.1) is 25.1 Å². The van der Waals surface area contributed by atoms with E-state index in [1.165, 1.54) is 0 Å². The smallest absolute Gasteiger partial charge is 0.326 e. The van der Waals surface area contributed by atoms with Gasteiger partial charge in [-0.05, 0) is 18.2 Å². The lowest BCUT2D eigenvalue weighted by Crippen LogP contribution is -2.38. The summed E-state index contributed by atoms with van der Waals surface area (Å²) in [6.07, 6.45) is 4.94. The van der Waals surface area contributed by atoms with E-state index in [9.17, 15) is 9.90 Å². The second-order valence-corrected chi connectivity index (χ2v) is 7.55. The van der Waals surface area contributed by atoms with E-state index in [0.717, 1.165) is 38.6 Å². The number of benzene rings is 1. The molecule has 0 bridgehead atoms. The van der Waals surface area contributed by atoms with Gasteiger partial charge in [0, 0.05) is 43.2 Å². The van der Waals surface area contributed by atoms with Crippen molar-refractivity contribution in [3.05, 3.63) is 69.6 Å². The minimum atomic E-state index is -0.495. The summed E-state index contributed by atoms with van der Waals surface area (Å²) in [6.45, 7) is 4.85. The summed E-state index contributed by atoms with van der Waals surface area (Å²) < 4.78 is 12.9. The number of imidazole rings is 1. The molecule has 5 rings (SSSR count). The minimum Gasteiger partial charge on any atom is -0.493 e. The highest BCUT2D eigenvalue weighted by Gasteiger charge is 2.10. The third-order valence-electron chi connectivity index (χ3n) is 5.26. The maximum Gasteiger partial charge on any atom is 0.326 e. The zero-order chi connectivity index (χ0) is 22.6. The van der Waals surface area contributed by atoms with Crippen LogP contribution >= 0.6 is 0 Å². The maximum atomic E-state index is 11.4. The quantitative estimate of drug-likeness (QED) is 0.376. The minimum absolute atomic E-state index is 0.245. The molecule has 0 unspecified atom stereocenters. The number of morpholine rings is 1. The van der Waals surface area contributed by atoms with Gasteiger partial charge in [0.1, 0.15) is 18.1 Å². The van der Waals surface area contributed by atoms with Crippen molar-refractivity contribution in [1.29, 1.82) is 0 Å². The van der Waals surface area contributed by atoms with Crippen LogP contribution in [0.15, 0.2) is 52.5 Å². The predicted octanol–water partition coefficient (Wildman–Crippen LogP) is -0.0576. The second-order valence-electron chi connectivity index (χ2n) is 7.55. The van der Waals surface area contributed by atoms with E-state index in [1.54, 1.807) is 29.1 Å². The molecule has 4 heterocycles. The fourth-order valence-electron chi connectivity index (χ4n) is 3.58. The Morgan fingerprint density at radius 1 is 1.24 bits per heavy atom. The number of nitrogens with one attached hydrogen (secondary N) is 2. The Hall–Kier alpha value is -3.96. The SMILES string of the molecule is O=c1[nH]c(O)c(/C=c2/cnn3ccc(=Nc4cccc(OCCN5CCOCC5)c4)nc23)[nH]1. The van der Waals surface area contributed by atoms with Crippen LogP contribution in [0.5, 0.6) is 11.6 Å². The Morgan fingerprint density at radius 3 is 2.94 bits per heavy atom. The van der Waals surface area contributed by atoms with Crippen molar-refractivity contribution in [1.82, 2.24) is 29.5 Å². The Balaban J connectivity index is 1.37. The van der Waals surface area contributed by atoms with Crippen molar-refractivity contribution in [3.63, 3.8) is 0 Å². The molecule has 11 nitrogen and oxygen atoms in total. The van der Waals surface area contributed by atoms with Crippen molar-refractivity contribution in [2.45, 2.75) is 0 Å². The van der Waals surface area contributed by atoms with E-state index in [1.807, 2.05) is 24.3 Å². The van der Waals surface area contributed by atoms with Gasteiger partial charge < -0.3 is 19.6 Å². The zero-order valence-corrected chi connectivity index (χ0v) is 17.8. The number of aromatic nitrogens is 5. The monoisotopic (exact) mass is 449 g/mol. The van der Waals surface area contributed by atoms with Crippen molar-refractivity contribution >= 4 is 17.4 Å². The van der Waals surface area contributed by atoms with Crippen LogP contribution in [0.25, 0.3) is 11.7 Å². The van der Waals surface area contributed by atoms with Crippen molar-refractivity contribution in [2.75, 3.05) is 39.5 Å². The van der Waals surface area contributed by atoms with Crippen LogP contribution in [0.2, 0.25) is 0 Å². The molecular formula is C22H23N7O4. The van der Waals surface area contributed by atoms with Crippen LogP contribution in [0.4, 0.5) is 5.69 Å². The normalized spacial score (nSPS) is 16.0. The first-order chi connectivity index (χ1) is 16.1. The zero-order valence-electron chi connectivity index (χ0n) is 17.8. The molecule has 0 atom stereocenters. The number of hydrogen-bond acceptors (Lipinski definition) is 8. The first-order valence-electron chi connectivity index (χ1n) is 10.6. The second kappa shape index (κ2) is 9.27. The van der Waals surface area contributed by atoms with Crippen LogP contribution < -0.4 is 21.1 Å². The molecule has 170 valence electrons. The Morgan fingerprint density at radius 2 is 2.12 bits per heavy atom. The summed E-state index contributed by atoms with van der Waals surface area (Å²) in [5.74, 6) is 0.501. The van der Waals surface area contributed by atoms with Crippen LogP contribution in [0, 0.1) is 0 Å². The average molecular weight is 449 g/mol. The van der Waals surface area contributed by atoms with Gasteiger partial charge in [0.15, 0.2) is 11.1 Å². The lowest BCUT2D eigenvalue weighted by molar-refractivity contribution is 0.0322. The average Bonchev–Trinajstić information content (AvgIpc) is 3.36. The van der Waals surface area contributed by atoms with Crippen LogP contribution in [0.3, 0.4) is 0 Å². The molecular weight excluding hydrogens is 426 g/mol. The van der Waals surface area contributed by atoms with Crippen molar-refractivity contribution in [2.24, 2.45) is 4.99 Å². The van der Waals surface area contributed by atoms with Gasteiger partial charge >= 0.3 is 5.69 Å². The highest BCUT2D eigenvalue weighted by atomic mass is 16.5. The van der Waals surface area contributed by atoms with E-state index in [4.69, 9.17) is 9.47 Å². The molecule has 1 aliphatic heterocycles. The molecule has 1 aromatic carbocycles. The lowest BCUT2D eigenvalue weighted by Gasteiger charge is -2.26. The highest BCUT2D eigenvalue weighted by Crippen LogP contribution is 2.19. The van der Waals surface area contributed by atoms with Gasteiger partial charge in [-0.15, -0.1) is 0 Å². The standard InChI is InChI=1S/C22H23N7O4/c30-21-18(25-22(31)27-21)12-15-14-23-29-5-4-19(26-20(15)29)24-16-2-1-3-17(13-16)33-11-8-28-6-9-32-10-7-28/h1-5,12-14,30H,6-11H2,(H2,25,27,31)/b15-12-,24-19?. The Labute approximate surface area is 187 Å². The Bertz CT molecular complexity index is 1430. The molecule has 3 N–H and O–H groups in total. The molecule has 33 heavy (non-hydrogen) atoms. The molecule has 3 aromatic heterocycles. The van der Waals surface area contributed by atoms with Crippen LogP contribution in [0.1, 0.15) is 5.69 Å². The first-order valence-corrected chi connectivity index (χ1v) is 10.6. The number of aromatic hydroxyl groups is 1. The highest BCUT2D eigenvalue weighted by molar-refractivity contribution is 5.56. The third-order valence-corrected chi connectivity index (χ3v) is 5.26. The summed E-state index contributed by atoms with van der Waals surface area (Å²) in [5, 5.41) is 14.7. The van der Waals surface area contributed by atoms with Gasteiger partial charge in [-0.1, -0.05) is 6.07 Å². The molecule has 4 aromatic rings. The fourth-order valence-corrected chi connectivity index (χ4v) is 3.58. The van der Waals surface area contributed by atoms with Gasteiger partial charge in [-0.2, -0.15) is 5.10 Å². The number of rotatable bonds is 6. The number of nitrogens with zero attached hydrogens (tertiary/aromatic N) is 5. The van der Waals surface area contributed by atoms with Gasteiger partial charge in [-0.25, -0.2) is 19.3 Å². The lowest BCUT2D eigenvalue weighted by atomic mass is 10.3. The largest absolute Gasteiger partial charge is 0.493 e. The number of fused-ring (bicyclic) bond motifs is 1. The molecule has 1 saturated heterocycles. The summed E-state index contributed by atoms with van der Waals surface area (Å²) in [4.78, 5) is 27.7. The van der Waals surface area contributed by atoms with E-state index in [2.05, 4.69) is 29.9 Å². The molecule has 0 spiro atoms.